The molecule has 0 N–H and O–H groups in total. The number of amides is 2. The molecule has 0 atom stereocenters. The SMILES string of the molecule is CCOC(=O)N1CCC(CN2CCC3(CC2)CN(C(C)=O)c2c(C)cc(C)cc23)CC1. The van der Waals surface area contributed by atoms with Crippen LogP contribution in [0, 0.1) is 19.8 Å². The van der Waals surface area contributed by atoms with Gasteiger partial charge in [-0.3, -0.25) is 4.79 Å². The van der Waals surface area contributed by atoms with Crippen LogP contribution in [-0.4, -0.2) is 67.7 Å². The van der Waals surface area contributed by atoms with Gasteiger partial charge in [0.15, 0.2) is 0 Å². The molecule has 0 bridgehead atoms. The van der Waals surface area contributed by atoms with Crippen LogP contribution in [0.3, 0.4) is 0 Å². The number of likely N-dealkylation sites (tertiary alicyclic amines) is 2. The largest absolute Gasteiger partial charge is 0.450 e. The fourth-order valence-electron chi connectivity index (χ4n) is 5.93. The maximum absolute atomic E-state index is 12.4. The molecule has 31 heavy (non-hydrogen) atoms. The second kappa shape index (κ2) is 8.81. The molecular formula is C25H37N3O3. The summed E-state index contributed by atoms with van der Waals surface area (Å²) in [7, 11) is 0. The Bertz CT molecular complexity index is 837. The van der Waals surface area contributed by atoms with E-state index in [9.17, 15) is 9.59 Å². The summed E-state index contributed by atoms with van der Waals surface area (Å²) in [5.41, 5.74) is 5.16. The van der Waals surface area contributed by atoms with Crippen molar-refractivity contribution in [2.45, 2.75) is 58.8 Å². The van der Waals surface area contributed by atoms with Crippen LogP contribution in [0.2, 0.25) is 0 Å². The fourth-order valence-corrected chi connectivity index (χ4v) is 5.93. The molecule has 1 spiro atoms. The van der Waals surface area contributed by atoms with E-state index < -0.39 is 0 Å². The number of anilines is 1. The summed E-state index contributed by atoms with van der Waals surface area (Å²) in [6.07, 6.45) is 4.16. The highest BCUT2D eigenvalue weighted by Gasteiger charge is 2.46. The number of ether oxygens (including phenoxy) is 1. The number of rotatable bonds is 3. The molecule has 3 aliphatic rings. The van der Waals surface area contributed by atoms with Gasteiger partial charge in [-0.1, -0.05) is 17.7 Å². The molecule has 170 valence electrons. The van der Waals surface area contributed by atoms with E-state index in [1.54, 1.807) is 6.92 Å². The van der Waals surface area contributed by atoms with Crippen molar-refractivity contribution in [3.8, 4) is 0 Å². The van der Waals surface area contributed by atoms with Gasteiger partial charge < -0.3 is 19.4 Å². The third-order valence-corrected chi connectivity index (χ3v) is 7.60. The molecule has 1 aromatic rings. The maximum atomic E-state index is 12.4. The van der Waals surface area contributed by atoms with Crippen LogP contribution < -0.4 is 4.90 Å². The Labute approximate surface area is 186 Å². The molecule has 0 aliphatic carbocycles. The van der Waals surface area contributed by atoms with Crippen LogP contribution >= 0.6 is 0 Å². The Balaban J connectivity index is 1.37. The second-order valence-electron chi connectivity index (χ2n) is 9.79. The molecule has 4 rings (SSSR count). The predicted octanol–water partition coefficient (Wildman–Crippen LogP) is 3.87. The third kappa shape index (κ3) is 4.32. The van der Waals surface area contributed by atoms with Crippen LogP contribution in [0.1, 0.15) is 56.2 Å². The van der Waals surface area contributed by atoms with Crippen LogP contribution in [0.4, 0.5) is 10.5 Å². The van der Waals surface area contributed by atoms with Crippen LogP contribution in [0.15, 0.2) is 12.1 Å². The Kier molecular flexibility index (Phi) is 6.29. The second-order valence-corrected chi connectivity index (χ2v) is 9.79. The van der Waals surface area contributed by atoms with Crippen molar-refractivity contribution in [1.82, 2.24) is 9.80 Å². The normalized spacial score (nSPS) is 21.4. The smallest absolute Gasteiger partial charge is 0.409 e. The highest BCUT2D eigenvalue weighted by atomic mass is 16.6. The lowest BCUT2D eigenvalue weighted by Gasteiger charge is -2.42. The average molecular weight is 428 g/mol. The van der Waals surface area contributed by atoms with Crippen molar-refractivity contribution in [2.75, 3.05) is 50.8 Å². The van der Waals surface area contributed by atoms with Gasteiger partial charge in [0.2, 0.25) is 5.91 Å². The molecule has 0 aromatic heterocycles. The Morgan fingerprint density at radius 1 is 1.10 bits per heavy atom. The number of hydrogen-bond acceptors (Lipinski definition) is 4. The number of hydrogen-bond donors (Lipinski definition) is 0. The lowest BCUT2D eigenvalue weighted by molar-refractivity contribution is -0.116. The Morgan fingerprint density at radius 2 is 1.77 bits per heavy atom. The first-order valence-corrected chi connectivity index (χ1v) is 11.9. The minimum Gasteiger partial charge on any atom is -0.450 e. The van der Waals surface area contributed by atoms with E-state index in [2.05, 4.69) is 30.9 Å². The quantitative estimate of drug-likeness (QED) is 0.735. The van der Waals surface area contributed by atoms with Crippen molar-refractivity contribution in [1.29, 1.82) is 0 Å². The Morgan fingerprint density at radius 3 is 2.39 bits per heavy atom. The zero-order chi connectivity index (χ0) is 22.2. The lowest BCUT2D eigenvalue weighted by Crippen LogP contribution is -2.48. The van der Waals surface area contributed by atoms with Gasteiger partial charge in [0.05, 0.1) is 12.3 Å². The molecule has 2 fully saturated rings. The van der Waals surface area contributed by atoms with Crippen molar-refractivity contribution < 1.29 is 14.3 Å². The molecule has 6 heteroatoms. The summed E-state index contributed by atoms with van der Waals surface area (Å²) in [6, 6.07) is 4.53. The van der Waals surface area contributed by atoms with Crippen molar-refractivity contribution in [2.24, 2.45) is 5.92 Å². The van der Waals surface area contributed by atoms with Crippen LogP contribution in [0.5, 0.6) is 0 Å². The summed E-state index contributed by atoms with van der Waals surface area (Å²) in [5.74, 6) is 0.801. The summed E-state index contributed by atoms with van der Waals surface area (Å²) < 4.78 is 5.14. The molecular weight excluding hydrogens is 390 g/mol. The van der Waals surface area contributed by atoms with Gasteiger partial charge in [0.1, 0.15) is 0 Å². The first kappa shape index (κ1) is 22.1. The molecule has 0 saturated carbocycles. The average Bonchev–Trinajstić information content (AvgIpc) is 3.05. The van der Waals surface area contributed by atoms with E-state index in [-0.39, 0.29) is 17.4 Å². The van der Waals surface area contributed by atoms with Crippen LogP contribution in [0.25, 0.3) is 0 Å². The number of carbonyl (C=O) groups is 2. The van der Waals surface area contributed by atoms with E-state index in [0.717, 1.165) is 70.6 Å². The van der Waals surface area contributed by atoms with Crippen molar-refractivity contribution in [3.05, 3.63) is 28.8 Å². The van der Waals surface area contributed by atoms with Gasteiger partial charge in [0, 0.05) is 38.5 Å². The van der Waals surface area contributed by atoms with Crippen molar-refractivity contribution >= 4 is 17.7 Å². The fraction of sp³-hybridized carbons (Fsp3) is 0.680. The molecule has 3 heterocycles. The van der Waals surface area contributed by atoms with E-state index in [1.807, 2.05) is 16.7 Å². The summed E-state index contributed by atoms with van der Waals surface area (Å²) in [5, 5.41) is 0. The van der Waals surface area contributed by atoms with Gasteiger partial charge >= 0.3 is 6.09 Å². The number of carbonyl (C=O) groups excluding carboxylic acids is 2. The van der Waals surface area contributed by atoms with E-state index in [1.165, 1.54) is 16.7 Å². The summed E-state index contributed by atoms with van der Waals surface area (Å²) >= 11 is 0. The third-order valence-electron chi connectivity index (χ3n) is 7.60. The predicted molar refractivity (Wildman–Crippen MR) is 123 cm³/mol. The summed E-state index contributed by atoms with van der Waals surface area (Å²) in [4.78, 5) is 30.8. The zero-order valence-corrected chi connectivity index (χ0v) is 19.6. The number of benzene rings is 1. The number of piperidine rings is 2. The molecule has 0 unspecified atom stereocenters. The molecule has 2 saturated heterocycles. The van der Waals surface area contributed by atoms with Gasteiger partial charge in [0.25, 0.3) is 0 Å². The maximum Gasteiger partial charge on any atom is 0.409 e. The highest BCUT2D eigenvalue weighted by Crippen LogP contribution is 2.49. The molecule has 2 amide bonds. The molecule has 3 aliphatic heterocycles. The van der Waals surface area contributed by atoms with E-state index in [4.69, 9.17) is 4.74 Å². The van der Waals surface area contributed by atoms with E-state index >= 15 is 0 Å². The number of nitrogens with zero attached hydrogens (tertiary/aromatic N) is 3. The van der Waals surface area contributed by atoms with Gasteiger partial charge in [-0.2, -0.15) is 0 Å². The standard InChI is InChI=1S/C25H37N3O3/c1-5-31-24(30)27-10-6-21(7-11-27)16-26-12-8-25(9-13-26)17-28(20(4)29)23-19(3)14-18(2)15-22(23)25/h14-15,21H,5-13,16-17H2,1-4H3. The number of fused-ring (bicyclic) bond motifs is 2. The van der Waals surface area contributed by atoms with Gasteiger partial charge in [-0.05, 0) is 76.6 Å². The van der Waals surface area contributed by atoms with E-state index in [0.29, 0.717) is 12.5 Å². The molecule has 6 nitrogen and oxygen atoms in total. The van der Waals surface area contributed by atoms with Crippen molar-refractivity contribution in [3.63, 3.8) is 0 Å². The minimum absolute atomic E-state index is 0.0988. The highest BCUT2D eigenvalue weighted by molar-refractivity contribution is 5.96. The van der Waals surface area contributed by atoms with Gasteiger partial charge in [-0.15, -0.1) is 0 Å². The Hall–Kier alpha value is -2.08. The number of aryl methyl sites for hydroxylation is 2. The topological polar surface area (TPSA) is 53.1 Å². The first-order chi connectivity index (χ1) is 14.8. The van der Waals surface area contributed by atoms with Crippen LogP contribution in [-0.2, 0) is 14.9 Å². The monoisotopic (exact) mass is 427 g/mol. The minimum atomic E-state index is -0.165. The molecule has 0 radical (unpaired) electrons. The lowest BCUT2D eigenvalue weighted by atomic mass is 9.73. The first-order valence-electron chi connectivity index (χ1n) is 11.9. The summed E-state index contributed by atoms with van der Waals surface area (Å²) in [6.45, 7) is 14.0. The zero-order valence-electron chi connectivity index (χ0n) is 19.6. The molecule has 1 aromatic carbocycles. The van der Waals surface area contributed by atoms with Gasteiger partial charge in [-0.25, -0.2) is 4.79 Å².